The molecule has 0 aliphatic carbocycles. The molecule has 0 bridgehead atoms. The fourth-order valence-corrected chi connectivity index (χ4v) is 2.62. The third-order valence-electron chi connectivity index (χ3n) is 3.96. The summed E-state index contributed by atoms with van der Waals surface area (Å²) < 4.78 is 0. The van der Waals surface area contributed by atoms with Crippen LogP contribution in [0.3, 0.4) is 0 Å². The van der Waals surface area contributed by atoms with Gasteiger partial charge in [-0.25, -0.2) is 0 Å². The summed E-state index contributed by atoms with van der Waals surface area (Å²) in [5.74, 6) is 0.0743. The molecule has 21 heavy (non-hydrogen) atoms. The quantitative estimate of drug-likeness (QED) is 0.847. The summed E-state index contributed by atoms with van der Waals surface area (Å²) >= 11 is 0. The van der Waals surface area contributed by atoms with Gasteiger partial charge in [0.1, 0.15) is 5.56 Å². The lowest BCUT2D eigenvalue weighted by molar-refractivity contribution is 0.0741. The van der Waals surface area contributed by atoms with Crippen molar-refractivity contribution in [1.29, 1.82) is 0 Å². The lowest BCUT2D eigenvalue weighted by atomic mass is 10.1. The highest BCUT2D eigenvalue weighted by atomic mass is 16.2. The van der Waals surface area contributed by atoms with Gasteiger partial charge >= 0.3 is 0 Å². The molecule has 0 fully saturated rings. The van der Waals surface area contributed by atoms with Gasteiger partial charge in [-0.2, -0.15) is 0 Å². The molecule has 1 atom stereocenters. The van der Waals surface area contributed by atoms with Crippen LogP contribution in [-0.4, -0.2) is 28.4 Å². The molecule has 2 rings (SSSR count). The molecule has 0 spiro atoms. The van der Waals surface area contributed by atoms with Crippen LogP contribution >= 0.6 is 0 Å². The van der Waals surface area contributed by atoms with E-state index in [1.807, 2.05) is 26.0 Å². The Bertz CT molecular complexity index is 587. The summed E-state index contributed by atoms with van der Waals surface area (Å²) in [4.78, 5) is 29.3. The second-order valence-corrected chi connectivity index (χ2v) is 5.91. The molecule has 1 aliphatic heterocycles. The lowest BCUT2D eigenvalue weighted by Gasteiger charge is -2.24. The van der Waals surface area contributed by atoms with E-state index in [0.717, 1.165) is 25.0 Å². The smallest absolute Gasteiger partial charge is 0.261 e. The van der Waals surface area contributed by atoms with Crippen molar-refractivity contribution in [3.8, 4) is 0 Å². The highest BCUT2D eigenvalue weighted by molar-refractivity contribution is 5.94. The van der Waals surface area contributed by atoms with Gasteiger partial charge in [-0.05, 0) is 24.5 Å². The summed E-state index contributed by atoms with van der Waals surface area (Å²) in [5.41, 5.74) is 0.815. The van der Waals surface area contributed by atoms with Gasteiger partial charge in [-0.3, -0.25) is 9.59 Å². The fraction of sp³-hybridized carbons (Fsp3) is 0.529. The minimum Gasteiger partial charge on any atom is -0.328 e. The molecule has 0 aromatic carbocycles. The second kappa shape index (κ2) is 6.74. The number of hydrogen-bond donors (Lipinski definition) is 1. The number of aromatic amines is 1. The number of unbranched alkanes of at least 4 members (excludes halogenated alkanes) is 1. The molecule has 0 saturated carbocycles. The molecule has 1 amide bonds. The van der Waals surface area contributed by atoms with Crippen LogP contribution in [0.2, 0.25) is 0 Å². The molecule has 1 N–H and O–H groups in total. The summed E-state index contributed by atoms with van der Waals surface area (Å²) in [5, 5.41) is 0. The van der Waals surface area contributed by atoms with Gasteiger partial charge in [0.05, 0.1) is 6.04 Å². The Hall–Kier alpha value is -1.84. The number of rotatable bonds is 5. The van der Waals surface area contributed by atoms with Crippen molar-refractivity contribution < 1.29 is 4.79 Å². The SMILES string of the molecule is CCCC[C@H]1C=CCN1C(=O)c1ccc(C(C)C)[nH]c1=O. The van der Waals surface area contributed by atoms with Crippen molar-refractivity contribution in [3.05, 3.63) is 45.9 Å². The Labute approximate surface area is 125 Å². The van der Waals surface area contributed by atoms with Crippen LogP contribution in [0.5, 0.6) is 0 Å². The first-order valence-electron chi connectivity index (χ1n) is 7.75. The van der Waals surface area contributed by atoms with Gasteiger partial charge < -0.3 is 9.88 Å². The number of nitrogens with one attached hydrogen (secondary N) is 1. The Morgan fingerprint density at radius 2 is 2.19 bits per heavy atom. The van der Waals surface area contributed by atoms with Crippen LogP contribution < -0.4 is 5.56 Å². The fourth-order valence-electron chi connectivity index (χ4n) is 2.62. The normalized spacial score (nSPS) is 17.7. The van der Waals surface area contributed by atoms with Crippen molar-refractivity contribution in [2.45, 2.75) is 52.0 Å². The number of carbonyl (C=O) groups is 1. The first kappa shape index (κ1) is 15.5. The predicted molar refractivity (Wildman–Crippen MR) is 84.6 cm³/mol. The summed E-state index contributed by atoms with van der Waals surface area (Å²) in [7, 11) is 0. The zero-order valence-electron chi connectivity index (χ0n) is 13.1. The minimum absolute atomic E-state index is 0.127. The van der Waals surface area contributed by atoms with E-state index in [9.17, 15) is 9.59 Å². The van der Waals surface area contributed by atoms with Gasteiger partial charge in [0, 0.05) is 12.2 Å². The zero-order chi connectivity index (χ0) is 15.4. The van der Waals surface area contributed by atoms with Crippen molar-refractivity contribution in [3.63, 3.8) is 0 Å². The van der Waals surface area contributed by atoms with Crippen LogP contribution in [0.15, 0.2) is 29.1 Å². The summed E-state index contributed by atoms with van der Waals surface area (Å²) in [6.07, 6.45) is 7.23. The van der Waals surface area contributed by atoms with Gasteiger partial charge in [-0.15, -0.1) is 0 Å². The van der Waals surface area contributed by atoms with Crippen LogP contribution in [0.1, 0.15) is 62.0 Å². The Morgan fingerprint density at radius 3 is 2.81 bits per heavy atom. The maximum absolute atomic E-state index is 12.6. The topological polar surface area (TPSA) is 53.2 Å². The number of H-pyrrole nitrogens is 1. The molecule has 0 radical (unpaired) electrons. The monoisotopic (exact) mass is 288 g/mol. The average Bonchev–Trinajstić information content (AvgIpc) is 2.92. The van der Waals surface area contributed by atoms with Crippen LogP contribution in [0.4, 0.5) is 0 Å². The maximum Gasteiger partial charge on any atom is 0.261 e. The summed E-state index contributed by atoms with van der Waals surface area (Å²) in [6, 6.07) is 3.62. The van der Waals surface area contributed by atoms with Crippen molar-refractivity contribution in [1.82, 2.24) is 9.88 Å². The zero-order valence-corrected chi connectivity index (χ0v) is 13.1. The standard InChI is InChI=1S/C17H24N2O2/c1-4-5-7-13-8-6-11-19(13)17(21)14-9-10-15(12(2)3)18-16(14)20/h6,8-10,12-13H,4-5,7,11H2,1-3H3,(H,18,20)/t13-/m0/s1. The Kier molecular flexibility index (Phi) is 4.99. The molecule has 2 heterocycles. The molecular formula is C17H24N2O2. The molecule has 1 aliphatic rings. The number of hydrogen-bond acceptors (Lipinski definition) is 2. The van der Waals surface area contributed by atoms with E-state index < -0.39 is 0 Å². The third-order valence-corrected chi connectivity index (χ3v) is 3.96. The molecule has 1 aromatic rings. The van der Waals surface area contributed by atoms with Crippen LogP contribution in [-0.2, 0) is 0 Å². The Balaban J connectivity index is 2.18. The number of pyridine rings is 1. The Morgan fingerprint density at radius 1 is 1.43 bits per heavy atom. The highest BCUT2D eigenvalue weighted by Gasteiger charge is 2.26. The van der Waals surface area contributed by atoms with Crippen LogP contribution in [0.25, 0.3) is 0 Å². The number of amides is 1. The van der Waals surface area contributed by atoms with Crippen LogP contribution in [0, 0.1) is 0 Å². The first-order valence-corrected chi connectivity index (χ1v) is 7.75. The maximum atomic E-state index is 12.6. The molecule has 1 aromatic heterocycles. The van der Waals surface area contributed by atoms with E-state index in [-0.39, 0.29) is 29.0 Å². The van der Waals surface area contributed by atoms with E-state index in [2.05, 4.69) is 18.0 Å². The van der Waals surface area contributed by atoms with E-state index in [1.165, 1.54) is 0 Å². The molecule has 4 heteroatoms. The van der Waals surface area contributed by atoms with Crippen molar-refractivity contribution in [2.75, 3.05) is 6.54 Å². The second-order valence-electron chi connectivity index (χ2n) is 5.91. The lowest BCUT2D eigenvalue weighted by Crippen LogP contribution is -2.38. The van der Waals surface area contributed by atoms with E-state index in [1.54, 1.807) is 11.0 Å². The molecule has 0 unspecified atom stereocenters. The highest BCUT2D eigenvalue weighted by Crippen LogP contribution is 2.18. The number of aromatic nitrogens is 1. The predicted octanol–water partition coefficient (Wildman–Crippen LogP) is 3.07. The molecule has 114 valence electrons. The molecule has 0 saturated heterocycles. The van der Waals surface area contributed by atoms with E-state index in [4.69, 9.17) is 0 Å². The average molecular weight is 288 g/mol. The van der Waals surface area contributed by atoms with Gasteiger partial charge in [-0.1, -0.05) is 45.8 Å². The largest absolute Gasteiger partial charge is 0.328 e. The third kappa shape index (κ3) is 3.43. The number of nitrogens with zero attached hydrogens (tertiary/aromatic N) is 1. The minimum atomic E-state index is -0.285. The van der Waals surface area contributed by atoms with Crippen molar-refractivity contribution >= 4 is 5.91 Å². The van der Waals surface area contributed by atoms with Gasteiger partial charge in [0.2, 0.25) is 0 Å². The van der Waals surface area contributed by atoms with E-state index in [0.29, 0.717) is 6.54 Å². The van der Waals surface area contributed by atoms with Crippen molar-refractivity contribution in [2.24, 2.45) is 0 Å². The number of carbonyl (C=O) groups excluding carboxylic acids is 1. The van der Waals surface area contributed by atoms with Gasteiger partial charge in [0.25, 0.3) is 11.5 Å². The summed E-state index contributed by atoms with van der Waals surface area (Å²) in [6.45, 7) is 6.76. The van der Waals surface area contributed by atoms with E-state index >= 15 is 0 Å². The first-order chi connectivity index (χ1) is 10.0. The van der Waals surface area contributed by atoms with Gasteiger partial charge in [0.15, 0.2) is 0 Å². The molecule has 4 nitrogen and oxygen atoms in total. The molecular weight excluding hydrogens is 264 g/mol.